The van der Waals surface area contributed by atoms with Crippen LogP contribution in [0.15, 0.2) is 60.7 Å². The molecule has 7 nitrogen and oxygen atoms in total. The van der Waals surface area contributed by atoms with E-state index in [1.165, 1.54) is 0 Å². The van der Waals surface area contributed by atoms with Crippen molar-refractivity contribution in [1.82, 2.24) is 4.90 Å². The van der Waals surface area contributed by atoms with Crippen LogP contribution in [0.1, 0.15) is 23.1 Å². The molecule has 0 aromatic heterocycles. The van der Waals surface area contributed by atoms with Gasteiger partial charge in [-0.15, -0.1) is 0 Å². The molecule has 2 aromatic rings. The van der Waals surface area contributed by atoms with E-state index in [1.807, 2.05) is 74.5 Å². The van der Waals surface area contributed by atoms with E-state index in [2.05, 4.69) is 5.32 Å². The molecule has 0 radical (unpaired) electrons. The fraction of sp³-hybridized carbons (Fsp3) is 0.357. The number of carbonyl (C=O) groups excluding carboxylic acids is 4. The molecule has 1 N–H and O–H groups in total. The molecule has 3 aliphatic rings. The number of esters is 1. The number of imide groups is 1. The molecule has 180 valence electrons. The summed E-state index contributed by atoms with van der Waals surface area (Å²) in [5.74, 6) is -2.58. The minimum absolute atomic E-state index is 0.0444. The number of allylic oxidation sites excluding steroid dienone is 2. The molecular formula is C28H28N2O5. The van der Waals surface area contributed by atoms with Crippen LogP contribution in [0.5, 0.6) is 0 Å². The van der Waals surface area contributed by atoms with E-state index < -0.39 is 36.4 Å². The number of carbonyl (C=O) groups is 4. The van der Waals surface area contributed by atoms with Gasteiger partial charge in [0, 0.05) is 12.1 Å². The van der Waals surface area contributed by atoms with Crippen LogP contribution in [0.2, 0.25) is 0 Å². The van der Waals surface area contributed by atoms with E-state index >= 15 is 0 Å². The van der Waals surface area contributed by atoms with E-state index in [4.69, 9.17) is 4.74 Å². The summed E-state index contributed by atoms with van der Waals surface area (Å²) in [6, 6.07) is 13.8. The van der Waals surface area contributed by atoms with Gasteiger partial charge in [0.1, 0.15) is 6.04 Å². The van der Waals surface area contributed by atoms with Gasteiger partial charge in [-0.3, -0.25) is 19.3 Å². The molecule has 1 heterocycles. The molecule has 7 heteroatoms. The summed E-state index contributed by atoms with van der Waals surface area (Å²) in [5.41, 5.74) is 3.27. The number of ether oxygens (including phenoxy) is 1. The molecular weight excluding hydrogens is 444 g/mol. The number of nitrogens with zero attached hydrogens (tertiary/aromatic N) is 1. The first-order valence-corrected chi connectivity index (χ1v) is 12.0. The molecule has 1 aliphatic heterocycles. The van der Waals surface area contributed by atoms with Crippen molar-refractivity contribution in [1.29, 1.82) is 0 Å². The third-order valence-corrected chi connectivity index (χ3v) is 7.45. The van der Waals surface area contributed by atoms with Crippen LogP contribution in [-0.2, 0) is 30.3 Å². The van der Waals surface area contributed by atoms with E-state index in [0.29, 0.717) is 5.69 Å². The molecule has 2 bridgehead atoms. The number of anilines is 1. The topological polar surface area (TPSA) is 92.8 Å². The lowest BCUT2D eigenvalue weighted by Gasteiger charge is -2.26. The van der Waals surface area contributed by atoms with Gasteiger partial charge in [-0.2, -0.15) is 0 Å². The minimum atomic E-state index is -1.12. The lowest BCUT2D eigenvalue weighted by atomic mass is 9.85. The second kappa shape index (κ2) is 9.13. The zero-order valence-corrected chi connectivity index (χ0v) is 19.8. The summed E-state index contributed by atoms with van der Waals surface area (Å²) in [6.45, 7) is 3.26. The van der Waals surface area contributed by atoms with Gasteiger partial charge in [0.15, 0.2) is 6.61 Å². The molecule has 35 heavy (non-hydrogen) atoms. The molecule has 0 unspecified atom stereocenters. The molecule has 1 saturated carbocycles. The molecule has 0 spiro atoms. The van der Waals surface area contributed by atoms with Gasteiger partial charge >= 0.3 is 5.97 Å². The number of nitrogens with one attached hydrogen (secondary N) is 1. The predicted octanol–water partition coefficient (Wildman–Crippen LogP) is 3.20. The highest BCUT2D eigenvalue weighted by molar-refractivity contribution is 6.09. The highest BCUT2D eigenvalue weighted by Crippen LogP contribution is 2.53. The van der Waals surface area contributed by atoms with Crippen LogP contribution < -0.4 is 5.32 Å². The fourth-order valence-electron chi connectivity index (χ4n) is 5.77. The number of para-hydroxylation sites is 1. The smallest absolute Gasteiger partial charge is 0.330 e. The van der Waals surface area contributed by atoms with Crippen LogP contribution in [0, 0.1) is 37.5 Å². The van der Waals surface area contributed by atoms with Crippen LogP contribution in [0.4, 0.5) is 5.69 Å². The van der Waals surface area contributed by atoms with E-state index in [-0.39, 0.29) is 30.1 Å². The van der Waals surface area contributed by atoms with E-state index in [9.17, 15) is 19.2 Å². The Morgan fingerprint density at radius 2 is 1.54 bits per heavy atom. The first-order valence-electron chi connectivity index (χ1n) is 12.0. The zero-order chi connectivity index (χ0) is 24.7. The Hall–Kier alpha value is -3.74. The SMILES string of the molecule is Cc1cccc(C)c1NC(=O)COC(=O)[C@H](Cc1ccccc1)N1C(=O)[C@@H]2[C@H](C1=O)[C@H]1C=C[C@H]2C1. The lowest BCUT2D eigenvalue weighted by molar-refractivity contribution is -0.160. The number of hydrogen-bond donors (Lipinski definition) is 1. The zero-order valence-electron chi connectivity index (χ0n) is 19.8. The van der Waals surface area contributed by atoms with E-state index in [0.717, 1.165) is 28.0 Å². The Labute approximate surface area is 204 Å². The molecule has 1 saturated heterocycles. The molecule has 2 aliphatic carbocycles. The number of rotatable bonds is 7. The monoisotopic (exact) mass is 472 g/mol. The summed E-state index contributed by atoms with van der Waals surface area (Å²) in [6.07, 6.45) is 4.98. The van der Waals surface area contributed by atoms with Gasteiger partial charge in [-0.1, -0.05) is 60.7 Å². The maximum atomic E-state index is 13.4. The normalized spacial score (nSPS) is 25.0. The van der Waals surface area contributed by atoms with Crippen molar-refractivity contribution in [3.63, 3.8) is 0 Å². The Balaban J connectivity index is 1.33. The van der Waals surface area contributed by atoms with Crippen molar-refractivity contribution in [2.45, 2.75) is 32.7 Å². The molecule has 5 atom stereocenters. The summed E-state index contributed by atoms with van der Waals surface area (Å²) in [5, 5.41) is 2.79. The largest absolute Gasteiger partial charge is 0.454 e. The Morgan fingerprint density at radius 3 is 2.14 bits per heavy atom. The maximum Gasteiger partial charge on any atom is 0.330 e. The third kappa shape index (κ3) is 4.16. The second-order valence-corrected chi connectivity index (χ2v) is 9.67. The average Bonchev–Trinajstić information content (AvgIpc) is 3.53. The number of amides is 3. The first-order chi connectivity index (χ1) is 16.8. The predicted molar refractivity (Wildman–Crippen MR) is 129 cm³/mol. The molecule has 3 amide bonds. The number of hydrogen-bond acceptors (Lipinski definition) is 5. The van der Waals surface area contributed by atoms with Crippen molar-refractivity contribution in [2.24, 2.45) is 23.7 Å². The fourth-order valence-corrected chi connectivity index (χ4v) is 5.77. The van der Waals surface area contributed by atoms with Crippen molar-refractivity contribution in [3.8, 4) is 0 Å². The van der Waals surface area contributed by atoms with Gasteiger partial charge in [-0.25, -0.2) is 4.79 Å². The number of likely N-dealkylation sites (tertiary alicyclic amines) is 1. The highest BCUT2D eigenvalue weighted by atomic mass is 16.5. The summed E-state index contributed by atoms with van der Waals surface area (Å²) >= 11 is 0. The number of benzene rings is 2. The van der Waals surface area contributed by atoms with E-state index in [1.54, 1.807) is 0 Å². The Kier molecular flexibility index (Phi) is 6.01. The van der Waals surface area contributed by atoms with Crippen molar-refractivity contribution < 1.29 is 23.9 Å². The minimum Gasteiger partial charge on any atom is -0.454 e. The first kappa shape index (κ1) is 23.0. The van der Waals surface area contributed by atoms with Crippen LogP contribution in [0.25, 0.3) is 0 Å². The Morgan fingerprint density at radius 1 is 0.943 bits per heavy atom. The van der Waals surface area contributed by atoms with Crippen LogP contribution in [-0.4, -0.2) is 41.2 Å². The Bertz CT molecular complexity index is 1170. The van der Waals surface area contributed by atoms with Gasteiger partial charge in [0.2, 0.25) is 11.8 Å². The van der Waals surface area contributed by atoms with Gasteiger partial charge < -0.3 is 10.1 Å². The lowest BCUT2D eigenvalue weighted by Crippen LogP contribution is -2.48. The third-order valence-electron chi connectivity index (χ3n) is 7.45. The summed E-state index contributed by atoms with van der Waals surface area (Å²) in [7, 11) is 0. The highest BCUT2D eigenvalue weighted by Gasteiger charge is 2.61. The maximum absolute atomic E-state index is 13.4. The quantitative estimate of drug-likeness (QED) is 0.380. The molecule has 5 rings (SSSR count). The van der Waals surface area contributed by atoms with Crippen LogP contribution in [0.3, 0.4) is 0 Å². The summed E-state index contributed by atoms with van der Waals surface area (Å²) < 4.78 is 5.38. The van der Waals surface area contributed by atoms with Gasteiger partial charge in [0.05, 0.1) is 11.8 Å². The van der Waals surface area contributed by atoms with Crippen molar-refractivity contribution in [3.05, 3.63) is 77.4 Å². The molecule has 2 aromatic carbocycles. The number of fused-ring (bicyclic) bond motifs is 5. The van der Waals surface area contributed by atoms with Crippen LogP contribution >= 0.6 is 0 Å². The summed E-state index contributed by atoms with van der Waals surface area (Å²) in [4.78, 5) is 53.6. The van der Waals surface area contributed by atoms with Gasteiger partial charge in [0.25, 0.3) is 5.91 Å². The van der Waals surface area contributed by atoms with Crippen molar-refractivity contribution in [2.75, 3.05) is 11.9 Å². The second-order valence-electron chi connectivity index (χ2n) is 9.67. The number of aryl methyl sites for hydroxylation is 2. The van der Waals surface area contributed by atoms with Crippen molar-refractivity contribution >= 4 is 29.4 Å². The standard InChI is InChI=1S/C28H28N2O5/c1-16-7-6-8-17(2)25(16)29-22(31)15-35-28(34)21(13-18-9-4-3-5-10-18)30-26(32)23-19-11-12-20(14-19)24(23)27(30)33/h3-12,19-21,23-24H,13-15H2,1-2H3,(H,29,31)/t19-,20-,21-,23-,24+/m0/s1. The van der Waals surface area contributed by atoms with Gasteiger partial charge in [-0.05, 0) is 48.8 Å². The molecule has 2 fully saturated rings. The average molecular weight is 473 g/mol.